The fraction of sp³-hybridized carbons (Fsp3) is 0.636. The lowest BCUT2D eigenvalue weighted by Crippen LogP contribution is -2.36. The molecule has 0 spiro atoms. The Labute approximate surface area is 97.5 Å². The summed E-state index contributed by atoms with van der Waals surface area (Å²) in [5, 5.41) is 8.47. The largest absolute Gasteiger partial charge is 0.696 e. The molecule has 1 aromatic heterocycles. The molecule has 1 heterocycles. The number of thiocyanates is 1. The first kappa shape index (κ1) is 13.9. The van der Waals surface area contributed by atoms with Crippen LogP contribution < -0.4 is 4.57 Å². The molecule has 0 saturated carbocycles. The number of aromatic nitrogens is 2. The molecule has 3 nitrogen and oxygen atoms in total. The first-order valence-electron chi connectivity index (χ1n) is 5.34. The van der Waals surface area contributed by atoms with E-state index in [1.165, 1.54) is 31.1 Å². The molecule has 0 bridgehead atoms. The van der Waals surface area contributed by atoms with Crippen LogP contribution in [-0.2, 0) is 12.6 Å². The molecule has 0 fully saturated rings. The van der Waals surface area contributed by atoms with Gasteiger partial charge in [0.1, 0.15) is 18.4 Å². The third kappa shape index (κ3) is 6.08. The van der Waals surface area contributed by atoms with Crippen LogP contribution in [0.25, 0.3) is 0 Å². The highest BCUT2D eigenvalue weighted by atomic mass is 32.1. The third-order valence-corrected chi connectivity index (χ3v) is 2.23. The fourth-order valence-electron chi connectivity index (χ4n) is 1.64. The van der Waals surface area contributed by atoms with Gasteiger partial charge in [-0.1, -0.05) is 32.1 Å². The van der Waals surface area contributed by atoms with E-state index in [2.05, 4.69) is 48.6 Å². The molecule has 4 heteroatoms. The minimum Gasteiger partial charge on any atom is -0.696 e. The number of nitriles is 1. The lowest BCUT2D eigenvalue weighted by atomic mass is 10.1. The summed E-state index contributed by atoms with van der Waals surface area (Å²) in [7, 11) is 0. The van der Waals surface area contributed by atoms with Gasteiger partial charge in [-0.05, 0) is 12.8 Å². The summed E-state index contributed by atoms with van der Waals surface area (Å²) in [5.41, 5.74) is 0. The van der Waals surface area contributed by atoms with E-state index < -0.39 is 0 Å². The maximum absolute atomic E-state index is 7.13. The molecule has 0 aliphatic carbocycles. The van der Waals surface area contributed by atoms with Crippen molar-refractivity contribution >= 4 is 12.6 Å². The molecule has 1 N–H and O–H groups in total. The Hall–Kier alpha value is -1.08. The number of imidazole rings is 1. The van der Waals surface area contributed by atoms with Gasteiger partial charge >= 0.3 is 0 Å². The zero-order chi connectivity index (χ0) is 11.5. The monoisotopic (exact) mass is 225 g/mol. The van der Waals surface area contributed by atoms with Gasteiger partial charge in [0, 0.05) is 0 Å². The van der Waals surface area contributed by atoms with Crippen molar-refractivity contribution in [1.29, 1.82) is 5.26 Å². The molecule has 15 heavy (non-hydrogen) atoms. The van der Waals surface area contributed by atoms with Gasteiger partial charge in [-0.25, -0.2) is 9.83 Å². The summed E-state index contributed by atoms with van der Waals surface area (Å²) < 4.78 is 2.28. The summed E-state index contributed by atoms with van der Waals surface area (Å²) in [6.07, 6.45) is 11.3. The van der Waals surface area contributed by atoms with Crippen LogP contribution in [0.1, 0.15) is 45.6 Å². The Bertz CT molecular complexity index is 258. The van der Waals surface area contributed by atoms with Crippen LogP contribution >= 0.6 is 0 Å². The first-order chi connectivity index (χ1) is 7.29. The van der Waals surface area contributed by atoms with Gasteiger partial charge < -0.3 is 12.6 Å². The quantitative estimate of drug-likeness (QED) is 0.475. The average Bonchev–Trinajstić information content (AvgIpc) is 2.71. The highest BCUT2D eigenvalue weighted by Gasteiger charge is 2.12. The second-order valence-corrected chi connectivity index (χ2v) is 3.56. The van der Waals surface area contributed by atoms with E-state index in [4.69, 9.17) is 5.26 Å². The summed E-state index contributed by atoms with van der Waals surface area (Å²) in [4.78, 5) is 3.09. The van der Waals surface area contributed by atoms with Gasteiger partial charge in [-0.15, -0.1) is 0 Å². The Morgan fingerprint density at radius 2 is 1.93 bits per heavy atom. The molecule has 0 aliphatic rings. The molecule has 0 saturated heterocycles. The highest BCUT2D eigenvalue weighted by molar-refractivity contribution is 7.64. The molecule has 0 atom stereocenters. The number of rotatable bonds is 5. The van der Waals surface area contributed by atoms with Gasteiger partial charge in [0.15, 0.2) is 0 Å². The van der Waals surface area contributed by atoms with Crippen molar-refractivity contribution in [3.63, 3.8) is 0 Å². The summed E-state index contributed by atoms with van der Waals surface area (Å²) in [6, 6.07) is 0.700. The van der Waals surface area contributed by atoms with E-state index in [-0.39, 0.29) is 0 Å². The van der Waals surface area contributed by atoms with Gasteiger partial charge in [-0.3, -0.25) is 4.98 Å². The smallest absolute Gasteiger partial charge is 0.241 e. The van der Waals surface area contributed by atoms with Gasteiger partial charge in [0.2, 0.25) is 6.33 Å². The van der Waals surface area contributed by atoms with Crippen molar-refractivity contribution in [2.24, 2.45) is 0 Å². The van der Waals surface area contributed by atoms with Crippen LogP contribution in [-0.4, -0.2) is 4.98 Å². The number of H-pyrrole nitrogens is 1. The highest BCUT2D eigenvalue weighted by Crippen LogP contribution is 2.12. The Morgan fingerprint density at radius 1 is 1.40 bits per heavy atom. The maximum Gasteiger partial charge on any atom is 0.241 e. The van der Waals surface area contributed by atoms with Crippen LogP contribution in [0.5, 0.6) is 0 Å². The Morgan fingerprint density at radius 3 is 2.27 bits per heavy atom. The Balaban J connectivity index is 0.000000583. The van der Waals surface area contributed by atoms with Crippen LogP contribution in [0.2, 0.25) is 0 Å². The van der Waals surface area contributed by atoms with Gasteiger partial charge in [0.25, 0.3) is 0 Å². The topological polar surface area (TPSA) is 43.5 Å². The lowest BCUT2D eigenvalue weighted by molar-refractivity contribution is -0.723. The molecule has 1 rings (SSSR count). The van der Waals surface area contributed by atoms with Crippen LogP contribution in [0.4, 0.5) is 0 Å². The summed E-state index contributed by atoms with van der Waals surface area (Å²) >= 11 is 3.70. The lowest BCUT2D eigenvalue weighted by Gasteiger charge is -2.10. The van der Waals surface area contributed by atoms with Crippen LogP contribution in [0.15, 0.2) is 18.7 Å². The maximum atomic E-state index is 7.13. The Kier molecular flexibility index (Phi) is 8.79. The second-order valence-electron chi connectivity index (χ2n) is 3.38. The molecule has 84 valence electrons. The molecule has 0 amide bonds. The summed E-state index contributed by atoms with van der Waals surface area (Å²) in [5.74, 6) is 0. The van der Waals surface area contributed by atoms with Gasteiger partial charge in [-0.2, -0.15) is 0 Å². The van der Waals surface area contributed by atoms with E-state index in [0.29, 0.717) is 6.04 Å². The molecule has 0 aliphatic heterocycles. The van der Waals surface area contributed by atoms with E-state index in [1.807, 2.05) is 6.20 Å². The molecular weight excluding hydrogens is 206 g/mol. The molecule has 0 unspecified atom stereocenters. The number of hydrogen-bond acceptors (Lipinski definition) is 2. The molecule has 0 radical (unpaired) electrons. The predicted octanol–water partition coefficient (Wildman–Crippen LogP) is 2.46. The van der Waals surface area contributed by atoms with Crippen LogP contribution in [0.3, 0.4) is 0 Å². The van der Waals surface area contributed by atoms with Crippen LogP contribution in [0, 0.1) is 10.7 Å². The van der Waals surface area contributed by atoms with Gasteiger partial charge in [0.05, 0.1) is 0 Å². The van der Waals surface area contributed by atoms with Crippen molar-refractivity contribution in [2.45, 2.75) is 45.6 Å². The van der Waals surface area contributed by atoms with E-state index >= 15 is 0 Å². The second kappa shape index (κ2) is 9.47. The van der Waals surface area contributed by atoms with Crippen molar-refractivity contribution in [1.82, 2.24) is 4.98 Å². The van der Waals surface area contributed by atoms with Crippen molar-refractivity contribution in [3.8, 4) is 5.40 Å². The van der Waals surface area contributed by atoms with Crippen molar-refractivity contribution in [3.05, 3.63) is 18.7 Å². The molecular formula is C11H19N3S. The average molecular weight is 225 g/mol. The number of aromatic amines is 1. The normalized spacial score (nSPS) is 9.20. The van der Waals surface area contributed by atoms with E-state index in [9.17, 15) is 0 Å². The van der Waals surface area contributed by atoms with E-state index in [0.717, 1.165) is 0 Å². The standard InChI is InChI=1S/C10H18N2.CHNS/c1-3-5-10(6-4-2)12-8-7-11-9-12;2-1-3/h7-10H,3-6H2,1-2H3;3H. The number of nitrogens with one attached hydrogen (secondary N) is 1. The first-order valence-corrected chi connectivity index (χ1v) is 5.75. The molecule has 1 aromatic rings. The number of hydrogen-bond donors (Lipinski definition) is 1. The van der Waals surface area contributed by atoms with Crippen molar-refractivity contribution < 1.29 is 4.57 Å². The fourth-order valence-corrected chi connectivity index (χ4v) is 1.64. The predicted molar refractivity (Wildman–Crippen MR) is 62.8 cm³/mol. The third-order valence-electron chi connectivity index (χ3n) is 2.23. The SMILES string of the molecule is CCCC(CCC)[n+]1cc[nH]c1.N#C[S-]. The van der Waals surface area contributed by atoms with Crippen molar-refractivity contribution in [2.75, 3.05) is 0 Å². The zero-order valence-corrected chi connectivity index (χ0v) is 10.3. The number of nitrogens with zero attached hydrogens (tertiary/aromatic N) is 2. The minimum atomic E-state index is 0.700. The molecule has 0 aromatic carbocycles. The minimum absolute atomic E-state index is 0.700. The van der Waals surface area contributed by atoms with E-state index in [1.54, 1.807) is 0 Å². The zero-order valence-electron chi connectivity index (χ0n) is 9.44. The summed E-state index contributed by atoms with van der Waals surface area (Å²) in [6.45, 7) is 4.49.